The number of fused-ring (bicyclic) bond motifs is 2. The minimum atomic E-state index is -0.282. The smallest absolute Gasteiger partial charge is 0.325 e. The van der Waals surface area contributed by atoms with Gasteiger partial charge in [0.1, 0.15) is 0 Å². The van der Waals surface area contributed by atoms with Gasteiger partial charge in [0, 0.05) is 18.5 Å². The molecule has 0 atom stereocenters. The Morgan fingerprint density at radius 3 is 2.93 bits per heavy atom. The van der Waals surface area contributed by atoms with E-state index < -0.39 is 0 Å². The number of aromatic amines is 2. The van der Waals surface area contributed by atoms with Crippen molar-refractivity contribution in [2.24, 2.45) is 5.16 Å². The van der Waals surface area contributed by atoms with Gasteiger partial charge < -0.3 is 14.7 Å². The molecule has 3 aromatic rings. The van der Waals surface area contributed by atoms with Crippen LogP contribution in [0.2, 0.25) is 0 Å². The maximum atomic E-state index is 12.2. The van der Waals surface area contributed by atoms with Gasteiger partial charge in [0.25, 0.3) is 5.91 Å². The van der Waals surface area contributed by atoms with E-state index in [1.807, 2.05) is 31.3 Å². The van der Waals surface area contributed by atoms with E-state index in [4.69, 9.17) is 4.84 Å². The molecule has 1 amide bonds. The van der Waals surface area contributed by atoms with Crippen molar-refractivity contribution < 1.29 is 9.63 Å². The molecule has 0 saturated heterocycles. The van der Waals surface area contributed by atoms with Crippen molar-refractivity contribution in [3.63, 3.8) is 0 Å². The number of aromatic nitrogens is 3. The minimum absolute atomic E-state index is 0.0504. The van der Waals surface area contributed by atoms with Gasteiger partial charge in [0.05, 0.1) is 17.2 Å². The van der Waals surface area contributed by atoms with Gasteiger partial charge in [-0.1, -0.05) is 30.5 Å². The summed E-state index contributed by atoms with van der Waals surface area (Å²) in [6.07, 6.45) is 7.32. The second-order valence-corrected chi connectivity index (χ2v) is 7.22. The number of hydrogen-bond acceptors (Lipinski definition) is 5. The molecule has 2 N–H and O–H groups in total. The lowest BCUT2D eigenvalue weighted by atomic mass is 9.94. The van der Waals surface area contributed by atoms with Gasteiger partial charge in [-0.3, -0.25) is 9.78 Å². The van der Waals surface area contributed by atoms with Crippen LogP contribution in [-0.2, 0) is 9.63 Å². The highest BCUT2D eigenvalue weighted by atomic mass is 16.6. The molecule has 1 fully saturated rings. The van der Waals surface area contributed by atoms with Crippen molar-refractivity contribution in [1.82, 2.24) is 19.9 Å². The highest BCUT2D eigenvalue weighted by molar-refractivity contribution is 5.93. The summed E-state index contributed by atoms with van der Waals surface area (Å²) in [7, 11) is 1.84. The molecule has 0 unspecified atom stereocenters. The summed E-state index contributed by atoms with van der Waals surface area (Å²) in [6, 6.07) is 7.78. The van der Waals surface area contributed by atoms with E-state index in [1.165, 1.54) is 19.3 Å². The van der Waals surface area contributed by atoms with Crippen LogP contribution in [0.15, 0.2) is 34.2 Å². The third-order valence-electron chi connectivity index (χ3n) is 5.30. The number of oxime groups is 1. The van der Waals surface area contributed by atoms with E-state index in [0.717, 1.165) is 29.3 Å². The zero-order chi connectivity index (χ0) is 19.5. The number of H-pyrrole nitrogens is 2. The standard InChI is InChI=1S/C20H23N5O3/c1-25(15-5-3-2-4-6-15)18(26)12-28-21-11-13-7-8-16-14(9-13)10-17-19(22-16)24-20(27)23-17/h7-11,15H,2-6,12H2,1H3,(H2,22,23,24,27)/b21-11+. The Balaban J connectivity index is 1.38. The second kappa shape index (κ2) is 7.84. The van der Waals surface area contributed by atoms with Crippen LogP contribution in [0.3, 0.4) is 0 Å². The van der Waals surface area contributed by atoms with Gasteiger partial charge in [0.15, 0.2) is 12.3 Å². The minimum Gasteiger partial charge on any atom is -0.386 e. The van der Waals surface area contributed by atoms with Gasteiger partial charge in [-0.2, -0.15) is 0 Å². The second-order valence-electron chi connectivity index (χ2n) is 7.22. The Bertz CT molecular complexity index is 1080. The molecule has 1 aliphatic carbocycles. The van der Waals surface area contributed by atoms with E-state index in [-0.39, 0.29) is 18.2 Å². The van der Waals surface area contributed by atoms with Gasteiger partial charge in [-0.25, -0.2) is 9.78 Å². The molecule has 1 saturated carbocycles. The number of imidazole rings is 1. The van der Waals surface area contributed by atoms with Gasteiger partial charge in [0.2, 0.25) is 0 Å². The summed E-state index contributed by atoms with van der Waals surface area (Å²) in [5.74, 6) is -0.0504. The molecule has 1 aliphatic rings. The highest BCUT2D eigenvalue weighted by Gasteiger charge is 2.22. The molecule has 2 heterocycles. The molecular formula is C20H23N5O3. The van der Waals surface area contributed by atoms with Crippen molar-refractivity contribution in [2.45, 2.75) is 38.1 Å². The first-order valence-electron chi connectivity index (χ1n) is 9.54. The molecule has 0 spiro atoms. The number of hydrogen-bond donors (Lipinski definition) is 2. The molecule has 8 heteroatoms. The average molecular weight is 381 g/mol. The van der Waals surface area contributed by atoms with E-state index in [1.54, 1.807) is 11.1 Å². The largest absolute Gasteiger partial charge is 0.386 e. The highest BCUT2D eigenvalue weighted by Crippen LogP contribution is 2.21. The first kappa shape index (κ1) is 18.2. The summed E-state index contributed by atoms with van der Waals surface area (Å²) < 4.78 is 0. The maximum absolute atomic E-state index is 12.2. The van der Waals surface area contributed by atoms with Crippen LogP contribution in [0.5, 0.6) is 0 Å². The van der Waals surface area contributed by atoms with Crippen molar-refractivity contribution in [3.8, 4) is 0 Å². The normalized spacial score (nSPS) is 15.5. The van der Waals surface area contributed by atoms with Crippen molar-refractivity contribution in [2.75, 3.05) is 13.7 Å². The van der Waals surface area contributed by atoms with Gasteiger partial charge in [-0.05, 0) is 36.6 Å². The lowest BCUT2D eigenvalue weighted by molar-refractivity contribution is -0.137. The molecule has 8 nitrogen and oxygen atoms in total. The number of benzene rings is 1. The first-order valence-corrected chi connectivity index (χ1v) is 9.54. The third kappa shape index (κ3) is 3.90. The fourth-order valence-electron chi connectivity index (χ4n) is 3.69. The quantitative estimate of drug-likeness (QED) is 0.523. The Kier molecular flexibility index (Phi) is 5.10. The van der Waals surface area contributed by atoms with Crippen molar-refractivity contribution in [3.05, 3.63) is 40.3 Å². The monoisotopic (exact) mass is 381 g/mol. The predicted octanol–water partition coefficient (Wildman–Crippen LogP) is 2.55. The molecule has 0 radical (unpaired) electrons. The van der Waals surface area contributed by atoms with Crippen LogP contribution >= 0.6 is 0 Å². The van der Waals surface area contributed by atoms with Gasteiger partial charge >= 0.3 is 5.69 Å². The van der Waals surface area contributed by atoms with E-state index in [2.05, 4.69) is 20.1 Å². The fraction of sp³-hybridized carbons (Fsp3) is 0.400. The Morgan fingerprint density at radius 2 is 2.11 bits per heavy atom. The molecular weight excluding hydrogens is 358 g/mol. The fourth-order valence-corrected chi connectivity index (χ4v) is 3.69. The zero-order valence-electron chi connectivity index (χ0n) is 15.8. The van der Waals surface area contributed by atoms with Crippen LogP contribution in [0.1, 0.15) is 37.7 Å². The van der Waals surface area contributed by atoms with E-state index in [0.29, 0.717) is 17.2 Å². The lowest BCUT2D eigenvalue weighted by Crippen LogP contribution is -2.40. The van der Waals surface area contributed by atoms with Crippen LogP contribution in [0.4, 0.5) is 0 Å². The van der Waals surface area contributed by atoms with Crippen LogP contribution in [0.25, 0.3) is 22.1 Å². The number of pyridine rings is 1. The molecule has 0 aliphatic heterocycles. The van der Waals surface area contributed by atoms with Gasteiger partial charge in [-0.15, -0.1) is 0 Å². The average Bonchev–Trinajstić information content (AvgIpc) is 3.08. The summed E-state index contributed by atoms with van der Waals surface area (Å²) >= 11 is 0. The summed E-state index contributed by atoms with van der Waals surface area (Å²) in [4.78, 5) is 40.4. The number of likely N-dealkylation sites (N-methyl/N-ethyl adjacent to an activating group) is 1. The molecule has 2 aromatic heterocycles. The van der Waals surface area contributed by atoms with E-state index in [9.17, 15) is 9.59 Å². The van der Waals surface area contributed by atoms with Crippen molar-refractivity contribution >= 4 is 34.2 Å². The first-order chi connectivity index (χ1) is 13.6. The van der Waals surface area contributed by atoms with Crippen LogP contribution < -0.4 is 5.69 Å². The number of amides is 1. The van der Waals surface area contributed by atoms with Crippen LogP contribution in [0, 0.1) is 0 Å². The molecule has 0 bridgehead atoms. The SMILES string of the molecule is CN(C(=O)CO/N=C/c1ccc2nc3[nH]c(=O)[nH]c3cc2c1)C1CCCCC1. The Labute approximate surface area is 161 Å². The van der Waals surface area contributed by atoms with Crippen molar-refractivity contribution in [1.29, 1.82) is 0 Å². The number of rotatable bonds is 5. The topological polar surface area (TPSA) is 103 Å². The number of carbonyl (C=O) groups is 1. The predicted molar refractivity (Wildman–Crippen MR) is 107 cm³/mol. The third-order valence-corrected chi connectivity index (χ3v) is 5.30. The molecule has 4 rings (SSSR count). The summed E-state index contributed by atoms with van der Waals surface area (Å²) in [5, 5.41) is 4.80. The summed E-state index contributed by atoms with van der Waals surface area (Å²) in [6.45, 7) is -0.0656. The molecule has 28 heavy (non-hydrogen) atoms. The summed E-state index contributed by atoms with van der Waals surface area (Å²) in [5.41, 5.74) is 2.49. The lowest BCUT2D eigenvalue weighted by Gasteiger charge is -2.30. The molecule has 146 valence electrons. The zero-order valence-corrected chi connectivity index (χ0v) is 15.8. The molecule has 1 aromatic carbocycles. The van der Waals surface area contributed by atoms with E-state index >= 15 is 0 Å². The number of nitrogens with zero attached hydrogens (tertiary/aromatic N) is 3. The maximum Gasteiger partial charge on any atom is 0.325 e. The Morgan fingerprint density at radius 1 is 1.29 bits per heavy atom. The number of nitrogens with one attached hydrogen (secondary N) is 2. The van der Waals surface area contributed by atoms with Crippen LogP contribution in [-0.4, -0.2) is 51.7 Å². The Hall–Kier alpha value is -3.16. The number of carbonyl (C=O) groups excluding carboxylic acids is 1.